The molecular weight excluding hydrogens is 558 g/mol. The van der Waals surface area contributed by atoms with Crippen molar-refractivity contribution in [3.8, 4) is 11.5 Å². The first kappa shape index (κ1) is 26.5. The van der Waals surface area contributed by atoms with Gasteiger partial charge in [-0.3, -0.25) is 14.9 Å². The van der Waals surface area contributed by atoms with E-state index in [-0.39, 0.29) is 17.3 Å². The number of nitro benzene ring substituents is 1. The van der Waals surface area contributed by atoms with Crippen LogP contribution in [0.2, 0.25) is 5.02 Å². The highest BCUT2D eigenvalue weighted by Gasteiger charge is 2.12. The van der Waals surface area contributed by atoms with Gasteiger partial charge in [-0.05, 0) is 56.9 Å². The average molecular weight is 579 g/mol. The number of non-ortho nitro benzene ring substituents is 1. The van der Waals surface area contributed by atoms with Crippen LogP contribution in [0, 0.1) is 10.1 Å². The predicted octanol–water partition coefficient (Wildman–Crippen LogP) is 5.98. The average Bonchev–Trinajstić information content (AvgIpc) is 2.84. The van der Waals surface area contributed by atoms with Crippen LogP contribution in [0.25, 0.3) is 0 Å². The summed E-state index contributed by atoms with van der Waals surface area (Å²) in [5.41, 5.74) is 5.08. The maximum absolute atomic E-state index is 12.1. The summed E-state index contributed by atoms with van der Waals surface area (Å²) in [6.45, 7) is 0.340. The summed E-state index contributed by atoms with van der Waals surface area (Å²) in [5.74, 6) is 1.54. The summed E-state index contributed by atoms with van der Waals surface area (Å²) < 4.78 is 12.0. The quantitative estimate of drug-likeness (QED) is 0.171. The second-order valence-corrected chi connectivity index (χ2v) is 9.44. The van der Waals surface area contributed by atoms with Crippen LogP contribution in [0.15, 0.2) is 70.2 Å². The number of thioether (sulfide) groups is 1. The molecule has 0 fully saturated rings. The molecule has 0 aliphatic rings. The normalized spacial score (nSPS) is 10.8. The molecule has 0 bridgehead atoms. The van der Waals surface area contributed by atoms with E-state index in [4.69, 9.17) is 21.1 Å². The van der Waals surface area contributed by atoms with Gasteiger partial charge in [0.05, 0.1) is 28.5 Å². The van der Waals surface area contributed by atoms with Gasteiger partial charge in [-0.1, -0.05) is 35.9 Å². The number of hydrogen-bond donors (Lipinski definition) is 1. The molecule has 0 unspecified atom stereocenters. The Morgan fingerprint density at radius 1 is 1.17 bits per heavy atom. The lowest BCUT2D eigenvalue weighted by Gasteiger charge is -2.13. The number of halogens is 2. The summed E-state index contributed by atoms with van der Waals surface area (Å²) in [7, 11) is 1.54. The summed E-state index contributed by atoms with van der Waals surface area (Å²) >= 11 is 10.8. The Morgan fingerprint density at radius 3 is 2.51 bits per heavy atom. The van der Waals surface area contributed by atoms with Crippen molar-refractivity contribution < 1.29 is 19.2 Å². The smallest absolute Gasteiger partial charge is 0.269 e. The number of hydrazone groups is 1. The van der Waals surface area contributed by atoms with Crippen molar-refractivity contribution in [1.82, 2.24) is 5.43 Å². The minimum Gasteiger partial charge on any atom is -0.493 e. The van der Waals surface area contributed by atoms with Crippen LogP contribution in [-0.2, 0) is 17.2 Å². The number of carbonyl (C=O) groups excluding carboxylic acids is 1. The Hall–Kier alpha value is -3.08. The van der Waals surface area contributed by atoms with E-state index < -0.39 is 4.92 Å². The van der Waals surface area contributed by atoms with E-state index >= 15 is 0 Å². The van der Waals surface area contributed by atoms with Gasteiger partial charge in [-0.25, -0.2) is 5.43 Å². The molecule has 3 rings (SSSR count). The lowest BCUT2D eigenvalue weighted by molar-refractivity contribution is -0.384. The van der Waals surface area contributed by atoms with E-state index in [1.807, 2.05) is 12.1 Å². The van der Waals surface area contributed by atoms with E-state index in [1.165, 1.54) is 30.1 Å². The minimum atomic E-state index is -0.446. The van der Waals surface area contributed by atoms with Gasteiger partial charge < -0.3 is 9.47 Å². The fraction of sp³-hybridized carbons (Fsp3) is 0.167. The predicted molar refractivity (Wildman–Crippen MR) is 141 cm³/mol. The molecule has 35 heavy (non-hydrogen) atoms. The zero-order chi connectivity index (χ0) is 25.2. The van der Waals surface area contributed by atoms with Crippen LogP contribution in [0.3, 0.4) is 0 Å². The van der Waals surface area contributed by atoms with E-state index in [2.05, 4.69) is 26.5 Å². The number of methoxy groups -OCH3 is 1. The molecule has 0 radical (unpaired) electrons. The molecule has 0 aliphatic heterocycles. The fourth-order valence-electron chi connectivity index (χ4n) is 2.88. The van der Waals surface area contributed by atoms with Crippen LogP contribution in [0.1, 0.15) is 16.7 Å². The van der Waals surface area contributed by atoms with Crippen molar-refractivity contribution in [2.24, 2.45) is 5.10 Å². The van der Waals surface area contributed by atoms with Gasteiger partial charge in [0.2, 0.25) is 5.91 Å². The third-order valence-corrected chi connectivity index (χ3v) is 6.44. The highest BCUT2D eigenvalue weighted by molar-refractivity contribution is 9.10. The number of carbonyl (C=O) groups is 1. The molecule has 0 aliphatic carbocycles. The summed E-state index contributed by atoms with van der Waals surface area (Å²) in [4.78, 5) is 22.3. The summed E-state index contributed by atoms with van der Waals surface area (Å²) in [5, 5.41) is 15.4. The van der Waals surface area contributed by atoms with Gasteiger partial charge in [0.15, 0.2) is 11.5 Å². The van der Waals surface area contributed by atoms with Crippen molar-refractivity contribution in [1.29, 1.82) is 0 Å². The third kappa shape index (κ3) is 8.27. The molecular formula is C24H21BrClN3O5S. The Bertz CT molecular complexity index is 1210. The molecule has 0 spiro atoms. The molecule has 0 heterocycles. The highest BCUT2D eigenvalue weighted by atomic mass is 79.9. The maximum Gasteiger partial charge on any atom is 0.269 e. The third-order valence-electron chi connectivity index (χ3n) is 4.60. The van der Waals surface area contributed by atoms with Crippen LogP contribution in [0.5, 0.6) is 11.5 Å². The molecule has 0 aromatic heterocycles. The maximum atomic E-state index is 12.1. The number of nitrogens with zero attached hydrogens (tertiary/aromatic N) is 2. The Labute approximate surface area is 219 Å². The van der Waals surface area contributed by atoms with Crippen LogP contribution in [-0.4, -0.2) is 29.9 Å². The van der Waals surface area contributed by atoms with Gasteiger partial charge >= 0.3 is 0 Å². The largest absolute Gasteiger partial charge is 0.493 e. The number of rotatable bonds is 11. The number of ether oxygens (including phenoxy) is 2. The van der Waals surface area contributed by atoms with Crippen molar-refractivity contribution in [3.05, 3.63) is 97.0 Å². The molecule has 11 heteroatoms. The minimum absolute atomic E-state index is 0.0373. The molecule has 8 nitrogen and oxygen atoms in total. The topological polar surface area (TPSA) is 103 Å². The van der Waals surface area contributed by atoms with Crippen molar-refractivity contribution in [2.45, 2.75) is 12.4 Å². The van der Waals surface area contributed by atoms with Crippen molar-refractivity contribution >= 4 is 57.1 Å². The van der Waals surface area contributed by atoms with Gasteiger partial charge in [0.1, 0.15) is 6.61 Å². The number of amides is 1. The molecule has 1 amide bonds. The monoisotopic (exact) mass is 577 g/mol. The number of nitrogens with one attached hydrogen (secondary N) is 1. The van der Waals surface area contributed by atoms with Gasteiger partial charge in [0, 0.05) is 22.9 Å². The first-order valence-corrected chi connectivity index (χ1v) is 12.6. The SMILES string of the molecule is COc1cc(/C=N\NC(=O)CSCc2ccc([N+](=O)[O-])cc2)cc(Br)c1OCc1ccc(Cl)cc1. The zero-order valence-corrected chi connectivity index (χ0v) is 21.7. The van der Waals surface area contributed by atoms with Gasteiger partial charge in [-0.15, -0.1) is 11.8 Å². The van der Waals surface area contributed by atoms with Crippen molar-refractivity contribution in [3.63, 3.8) is 0 Å². The first-order valence-electron chi connectivity index (χ1n) is 10.2. The van der Waals surface area contributed by atoms with Crippen LogP contribution in [0.4, 0.5) is 5.69 Å². The molecule has 0 saturated carbocycles. The Morgan fingerprint density at radius 2 is 1.86 bits per heavy atom. The van der Waals surface area contributed by atoms with Gasteiger partial charge in [0.25, 0.3) is 5.69 Å². The zero-order valence-electron chi connectivity index (χ0n) is 18.6. The Kier molecular flexibility index (Phi) is 9.95. The van der Waals surface area contributed by atoms with E-state index in [0.29, 0.717) is 38.9 Å². The standard InChI is InChI=1S/C24H21BrClN3O5S/c1-33-22-11-18(10-21(25)24(22)34-13-16-2-6-19(26)7-3-16)12-27-28-23(30)15-35-14-17-4-8-20(9-5-17)29(31)32/h2-12H,13-15H2,1H3,(H,28,30)/b27-12-. The van der Waals surface area contributed by atoms with Crippen LogP contribution < -0.4 is 14.9 Å². The molecule has 1 N–H and O–H groups in total. The molecule has 182 valence electrons. The lowest BCUT2D eigenvalue weighted by atomic mass is 10.2. The summed E-state index contributed by atoms with van der Waals surface area (Å²) in [6, 6.07) is 17.2. The van der Waals surface area contributed by atoms with E-state index in [9.17, 15) is 14.9 Å². The van der Waals surface area contributed by atoms with Gasteiger partial charge in [-0.2, -0.15) is 5.10 Å². The molecule has 3 aromatic carbocycles. The second-order valence-electron chi connectivity index (χ2n) is 7.16. The van der Waals surface area contributed by atoms with E-state index in [0.717, 1.165) is 11.1 Å². The number of hydrogen-bond acceptors (Lipinski definition) is 7. The van der Waals surface area contributed by atoms with E-state index in [1.54, 1.807) is 43.5 Å². The Balaban J connectivity index is 1.50. The fourth-order valence-corrected chi connectivity index (χ4v) is 4.36. The summed E-state index contributed by atoms with van der Waals surface area (Å²) in [6.07, 6.45) is 1.51. The molecule has 0 atom stereocenters. The highest BCUT2D eigenvalue weighted by Crippen LogP contribution is 2.37. The molecule has 3 aromatic rings. The molecule has 0 saturated heterocycles. The number of benzene rings is 3. The van der Waals surface area contributed by atoms with Crippen LogP contribution >= 0.6 is 39.3 Å². The lowest BCUT2D eigenvalue weighted by Crippen LogP contribution is -2.19. The van der Waals surface area contributed by atoms with Crippen molar-refractivity contribution in [2.75, 3.05) is 12.9 Å². The first-order chi connectivity index (χ1) is 16.9. The number of nitro groups is 1. The second kappa shape index (κ2) is 13.1.